The van der Waals surface area contributed by atoms with Crippen molar-refractivity contribution in [1.29, 1.82) is 0 Å². The van der Waals surface area contributed by atoms with Crippen molar-refractivity contribution in [1.82, 2.24) is 29.4 Å². The third-order valence-corrected chi connectivity index (χ3v) is 4.37. The van der Waals surface area contributed by atoms with Crippen molar-refractivity contribution in [2.24, 2.45) is 0 Å². The molecule has 0 radical (unpaired) electrons. The van der Waals surface area contributed by atoms with Crippen LogP contribution in [0, 0.1) is 13.8 Å². The molecule has 3 aromatic heterocycles. The van der Waals surface area contributed by atoms with Crippen LogP contribution in [0.3, 0.4) is 0 Å². The molecule has 7 heteroatoms. The van der Waals surface area contributed by atoms with E-state index in [1.807, 2.05) is 11.4 Å². The molecule has 0 bridgehead atoms. The van der Waals surface area contributed by atoms with Crippen molar-refractivity contribution in [3.8, 4) is 0 Å². The molecule has 0 unspecified atom stereocenters. The average Bonchev–Trinajstić information content (AvgIpc) is 3.04. The van der Waals surface area contributed by atoms with Gasteiger partial charge in [0, 0.05) is 30.5 Å². The zero-order valence-electron chi connectivity index (χ0n) is 13.8. The highest BCUT2D eigenvalue weighted by Crippen LogP contribution is 2.29. The molecule has 0 N–H and O–H groups in total. The molecule has 7 nitrogen and oxygen atoms in total. The van der Waals surface area contributed by atoms with Gasteiger partial charge in [-0.2, -0.15) is 19.7 Å². The lowest BCUT2D eigenvalue weighted by Gasteiger charge is -2.41. The fraction of sp³-hybridized carbons (Fsp3) is 0.500. The predicted molar refractivity (Wildman–Crippen MR) is 87.7 cm³/mol. The molecule has 0 spiro atoms. The molecule has 1 saturated heterocycles. The summed E-state index contributed by atoms with van der Waals surface area (Å²) in [6.45, 7) is 8.19. The average molecular weight is 311 g/mol. The maximum Gasteiger partial charge on any atom is 0.254 e. The topological polar surface area (TPSA) is 64.1 Å². The van der Waals surface area contributed by atoms with Crippen LogP contribution in [-0.2, 0) is 6.42 Å². The van der Waals surface area contributed by atoms with Crippen molar-refractivity contribution >= 4 is 11.6 Å². The van der Waals surface area contributed by atoms with Crippen molar-refractivity contribution in [3.05, 3.63) is 35.5 Å². The summed E-state index contributed by atoms with van der Waals surface area (Å²) in [5.74, 6) is 1.76. The molecule has 0 amide bonds. The van der Waals surface area contributed by atoms with E-state index in [1.54, 1.807) is 6.33 Å². The van der Waals surface area contributed by atoms with Gasteiger partial charge in [0.25, 0.3) is 5.78 Å². The lowest BCUT2D eigenvalue weighted by atomic mass is 10.1. The van der Waals surface area contributed by atoms with Crippen molar-refractivity contribution in [2.45, 2.75) is 39.7 Å². The first-order chi connectivity index (χ1) is 11.2. The molecule has 120 valence electrons. The third-order valence-electron chi connectivity index (χ3n) is 4.37. The number of fused-ring (bicyclic) bond motifs is 1. The number of aromatic nitrogens is 6. The first-order valence-electron chi connectivity index (χ1n) is 8.13. The molecule has 23 heavy (non-hydrogen) atoms. The highest BCUT2D eigenvalue weighted by molar-refractivity contribution is 5.49. The van der Waals surface area contributed by atoms with Gasteiger partial charge in [-0.25, -0.2) is 4.98 Å². The predicted octanol–water partition coefficient (Wildman–Crippen LogP) is 1.95. The lowest BCUT2D eigenvalue weighted by molar-refractivity contribution is 0.357. The van der Waals surface area contributed by atoms with Crippen LogP contribution in [0.1, 0.15) is 36.5 Å². The van der Waals surface area contributed by atoms with Gasteiger partial charge in [0.1, 0.15) is 12.1 Å². The van der Waals surface area contributed by atoms with Gasteiger partial charge >= 0.3 is 0 Å². The highest BCUT2D eigenvalue weighted by Gasteiger charge is 2.32. The molecule has 0 aliphatic carbocycles. The van der Waals surface area contributed by atoms with Crippen LogP contribution >= 0.6 is 0 Å². The molecule has 1 aliphatic heterocycles. The molecule has 4 heterocycles. The Kier molecular flexibility index (Phi) is 3.28. The van der Waals surface area contributed by atoms with E-state index in [-0.39, 0.29) is 0 Å². The Morgan fingerprint density at radius 1 is 1.22 bits per heavy atom. The van der Waals surface area contributed by atoms with Gasteiger partial charge in [-0.3, -0.25) is 4.68 Å². The Labute approximate surface area is 135 Å². The van der Waals surface area contributed by atoms with Crippen LogP contribution in [0.5, 0.6) is 0 Å². The fourth-order valence-corrected chi connectivity index (χ4v) is 3.27. The van der Waals surface area contributed by atoms with Crippen LogP contribution < -0.4 is 4.90 Å². The summed E-state index contributed by atoms with van der Waals surface area (Å²) in [6.07, 6.45) is 3.61. The first kappa shape index (κ1) is 14.2. The molecule has 1 fully saturated rings. The SMILES string of the molecule is CCCc1cc(N2CC(n3nc(C)cc3C)C2)n2ncnc2n1. The maximum absolute atomic E-state index is 4.60. The number of aryl methyl sites for hydroxylation is 3. The molecule has 0 atom stereocenters. The standard InChI is InChI=1S/C16H21N7/c1-4-5-13-7-15(23-16(19-13)17-10-18-23)21-8-14(9-21)22-12(3)6-11(2)20-22/h6-7,10,14H,4-5,8-9H2,1-3H3. The van der Waals surface area contributed by atoms with Crippen LogP contribution in [0.2, 0.25) is 0 Å². The highest BCUT2D eigenvalue weighted by atomic mass is 15.4. The monoisotopic (exact) mass is 311 g/mol. The minimum absolute atomic E-state index is 0.421. The molecule has 0 aromatic carbocycles. The maximum atomic E-state index is 4.60. The van der Waals surface area contributed by atoms with Crippen molar-refractivity contribution in [2.75, 3.05) is 18.0 Å². The van der Waals surface area contributed by atoms with E-state index >= 15 is 0 Å². The first-order valence-corrected chi connectivity index (χ1v) is 8.13. The summed E-state index contributed by atoms with van der Waals surface area (Å²) in [5.41, 5.74) is 3.38. The fourth-order valence-electron chi connectivity index (χ4n) is 3.27. The van der Waals surface area contributed by atoms with E-state index in [1.165, 1.54) is 5.69 Å². The minimum atomic E-state index is 0.421. The Hall–Kier alpha value is -2.44. The zero-order valence-corrected chi connectivity index (χ0v) is 13.8. The number of rotatable bonds is 4. The van der Waals surface area contributed by atoms with Crippen LogP contribution in [0.15, 0.2) is 18.5 Å². The Balaban J connectivity index is 1.61. The van der Waals surface area contributed by atoms with Gasteiger partial charge in [0.05, 0.1) is 11.7 Å². The second kappa shape index (κ2) is 5.33. The summed E-state index contributed by atoms with van der Waals surface area (Å²) in [7, 11) is 0. The van der Waals surface area contributed by atoms with Gasteiger partial charge in [0.15, 0.2) is 0 Å². The molecular weight excluding hydrogens is 290 g/mol. The van der Waals surface area contributed by atoms with Crippen LogP contribution in [0.4, 0.5) is 5.82 Å². The van der Waals surface area contributed by atoms with E-state index < -0.39 is 0 Å². The lowest BCUT2D eigenvalue weighted by Crippen LogP contribution is -2.49. The molecular formula is C16H21N7. The largest absolute Gasteiger partial charge is 0.352 e. The van der Waals surface area contributed by atoms with Crippen LogP contribution in [-0.4, -0.2) is 42.5 Å². The molecule has 3 aromatic rings. The molecule has 1 aliphatic rings. The van der Waals surface area contributed by atoms with Gasteiger partial charge in [0.2, 0.25) is 0 Å². The second-order valence-electron chi connectivity index (χ2n) is 6.26. The van der Waals surface area contributed by atoms with Gasteiger partial charge in [-0.15, -0.1) is 0 Å². The quantitative estimate of drug-likeness (QED) is 0.737. The van der Waals surface area contributed by atoms with Gasteiger partial charge in [-0.05, 0) is 26.3 Å². The summed E-state index contributed by atoms with van der Waals surface area (Å²) < 4.78 is 3.97. The Morgan fingerprint density at radius 2 is 2.04 bits per heavy atom. The van der Waals surface area contributed by atoms with Gasteiger partial charge in [-0.1, -0.05) is 13.3 Å². The zero-order chi connectivity index (χ0) is 16.0. The number of nitrogens with zero attached hydrogens (tertiary/aromatic N) is 7. The molecule has 4 rings (SSSR count). The van der Waals surface area contributed by atoms with E-state index in [2.05, 4.69) is 55.7 Å². The van der Waals surface area contributed by atoms with E-state index in [0.29, 0.717) is 11.8 Å². The Morgan fingerprint density at radius 3 is 2.74 bits per heavy atom. The Bertz CT molecular complexity index is 841. The van der Waals surface area contributed by atoms with Crippen molar-refractivity contribution < 1.29 is 0 Å². The van der Waals surface area contributed by atoms with Gasteiger partial charge < -0.3 is 4.90 Å². The summed E-state index contributed by atoms with van der Waals surface area (Å²) in [6, 6.07) is 4.69. The molecule has 0 saturated carbocycles. The number of anilines is 1. The van der Waals surface area contributed by atoms with E-state index in [0.717, 1.165) is 43.1 Å². The number of hydrogen-bond acceptors (Lipinski definition) is 5. The normalized spacial score (nSPS) is 15.3. The minimum Gasteiger partial charge on any atom is -0.352 e. The van der Waals surface area contributed by atoms with Crippen molar-refractivity contribution in [3.63, 3.8) is 0 Å². The van der Waals surface area contributed by atoms with E-state index in [9.17, 15) is 0 Å². The summed E-state index contributed by atoms with van der Waals surface area (Å²) in [4.78, 5) is 11.1. The second-order valence-corrected chi connectivity index (χ2v) is 6.26. The summed E-state index contributed by atoms with van der Waals surface area (Å²) >= 11 is 0. The van der Waals surface area contributed by atoms with Crippen LogP contribution in [0.25, 0.3) is 5.78 Å². The number of hydrogen-bond donors (Lipinski definition) is 0. The smallest absolute Gasteiger partial charge is 0.254 e. The third kappa shape index (κ3) is 2.36. The summed E-state index contributed by atoms with van der Waals surface area (Å²) in [5, 5.41) is 8.92. The van der Waals surface area contributed by atoms with E-state index in [4.69, 9.17) is 0 Å².